The summed E-state index contributed by atoms with van der Waals surface area (Å²) in [6, 6.07) is 0. The van der Waals surface area contributed by atoms with E-state index in [1.165, 1.54) is 38.3 Å². The first kappa shape index (κ1) is 10.4. The summed E-state index contributed by atoms with van der Waals surface area (Å²) in [4.78, 5) is 9.14. The molecule has 3 nitrogen and oxygen atoms in total. The second kappa shape index (κ2) is 6.16. The third-order valence-corrected chi connectivity index (χ3v) is 1.90. The van der Waals surface area contributed by atoms with Crippen molar-refractivity contribution in [1.82, 2.24) is 0 Å². The topological polar surface area (TPSA) is 52.7 Å². The van der Waals surface area contributed by atoms with Crippen molar-refractivity contribution in [2.24, 2.45) is 0 Å². The number of carboxylic acid groups (broad SMARTS) is 1. The Bertz CT molecular complexity index is 120. The van der Waals surface area contributed by atoms with Gasteiger partial charge in [-0.15, -0.1) is 0 Å². The van der Waals surface area contributed by atoms with Crippen LogP contribution in [0, 0.1) is 0 Å². The number of hydrogen-bond acceptors (Lipinski definition) is 3. The molecule has 1 fully saturated rings. The van der Waals surface area contributed by atoms with E-state index in [1.807, 2.05) is 0 Å². The molecule has 0 bridgehead atoms. The Labute approximate surface area is 83.7 Å². The summed E-state index contributed by atoms with van der Waals surface area (Å²) in [6.07, 6.45) is 1.41. The van der Waals surface area contributed by atoms with Crippen LogP contribution in [0.3, 0.4) is 0 Å². The van der Waals surface area contributed by atoms with Crippen LogP contribution in [-0.2, 0) is 9.53 Å². The van der Waals surface area contributed by atoms with E-state index in [2.05, 4.69) is 6.58 Å². The summed E-state index contributed by atoms with van der Waals surface area (Å²) in [5.41, 5.74) is 0. The first-order chi connectivity index (χ1) is 4.70. The van der Waals surface area contributed by atoms with Crippen LogP contribution < -0.4 is 5.11 Å². The van der Waals surface area contributed by atoms with Gasteiger partial charge in [-0.3, -0.25) is 0 Å². The van der Waals surface area contributed by atoms with Crippen LogP contribution in [0.4, 0.5) is 0 Å². The van der Waals surface area contributed by atoms with Crippen molar-refractivity contribution in [3.8, 4) is 0 Å². The Morgan fingerprint density at radius 3 is 2.40 bits per heavy atom. The van der Waals surface area contributed by atoms with Gasteiger partial charge in [0.1, 0.15) is 0 Å². The summed E-state index contributed by atoms with van der Waals surface area (Å²) in [5, 5.41) is 9.14. The molecule has 1 aliphatic rings. The molecule has 0 N–H and O–H groups in total. The second-order valence-corrected chi connectivity index (χ2v) is 2.67. The maximum atomic E-state index is 9.14. The van der Waals surface area contributed by atoms with Gasteiger partial charge in [0.15, 0.2) is 0 Å². The molecule has 52 valence electrons. The molecule has 1 saturated heterocycles. The van der Waals surface area contributed by atoms with Gasteiger partial charge in [0.25, 0.3) is 0 Å². The molecule has 1 aliphatic heterocycles. The maximum absolute atomic E-state index is 9.14. The van der Waals surface area contributed by atoms with E-state index in [0.717, 1.165) is 12.7 Å². The van der Waals surface area contributed by atoms with Crippen molar-refractivity contribution in [1.29, 1.82) is 0 Å². The Balaban J connectivity index is 0.000000162. The standard InChI is InChI=1S/C3H4O2.C3H5O.Ca/c1-2-3(4)5;1-3-2-4-3;/h2H,1H2,(H,4,5);3H,1-2H2;/q;;+1/p-1. The zero-order valence-electron chi connectivity index (χ0n) is 5.71. The molecule has 10 heavy (non-hydrogen) atoms. The normalized spacial score (nSPS) is 20.4. The van der Waals surface area contributed by atoms with E-state index in [-0.39, 0.29) is 0 Å². The monoisotopic (exact) mass is 168 g/mol. The second-order valence-electron chi connectivity index (χ2n) is 1.77. The van der Waals surface area contributed by atoms with E-state index in [4.69, 9.17) is 14.6 Å². The Morgan fingerprint density at radius 2 is 2.40 bits per heavy atom. The average Bonchev–Trinajstić information content (AvgIpc) is 2.70. The molecular formula is C6H8CaO3. The fraction of sp³-hybridized carbons (Fsp3) is 0.500. The molecule has 0 aromatic heterocycles. The average molecular weight is 168 g/mol. The van der Waals surface area contributed by atoms with Gasteiger partial charge < -0.3 is 9.90 Å². The minimum absolute atomic E-state index is 0.690. The number of hydrogen-bond donors (Lipinski definition) is 0. The fourth-order valence-corrected chi connectivity index (χ4v) is 0.755. The van der Waals surface area contributed by atoms with E-state index < -0.39 is 5.97 Å². The molecule has 0 aromatic rings. The predicted molar refractivity (Wildman–Crippen MR) is 35.5 cm³/mol. The zero-order valence-corrected chi connectivity index (χ0v) is 7.92. The molecule has 0 aliphatic carbocycles. The van der Waals surface area contributed by atoms with E-state index in [9.17, 15) is 0 Å². The van der Waals surface area contributed by atoms with Crippen molar-refractivity contribution >= 4 is 41.8 Å². The van der Waals surface area contributed by atoms with Crippen LogP contribution in [0.25, 0.3) is 0 Å². The Morgan fingerprint density at radius 1 is 2.00 bits per heavy atom. The molecule has 0 aromatic carbocycles. The van der Waals surface area contributed by atoms with Crippen molar-refractivity contribution < 1.29 is 14.6 Å². The number of ether oxygens (including phenoxy) is 1. The fourth-order valence-electron chi connectivity index (χ4n) is 0.235. The summed E-state index contributed by atoms with van der Waals surface area (Å²) in [6.45, 7) is 3.94. The van der Waals surface area contributed by atoms with Crippen LogP contribution in [0.1, 0.15) is 0 Å². The number of epoxide rings is 1. The Kier molecular flexibility index (Phi) is 6.42. The molecule has 0 saturated carbocycles. The van der Waals surface area contributed by atoms with Gasteiger partial charge in [-0.25, -0.2) is 0 Å². The van der Waals surface area contributed by atoms with E-state index >= 15 is 0 Å². The van der Waals surface area contributed by atoms with E-state index in [1.54, 1.807) is 0 Å². The van der Waals surface area contributed by atoms with Crippen LogP contribution in [0.5, 0.6) is 0 Å². The first-order valence-corrected chi connectivity index (χ1v) is 4.51. The number of carbonyl (C=O) groups excluding carboxylic acids is 1. The SMILES string of the molecule is C=CC(=O)[O-].[Ca+][CH2]C1CO1. The van der Waals surface area contributed by atoms with E-state index in [0.29, 0.717) is 6.10 Å². The van der Waals surface area contributed by atoms with Gasteiger partial charge in [0.2, 0.25) is 0 Å². The van der Waals surface area contributed by atoms with Crippen molar-refractivity contribution in [2.45, 2.75) is 8.62 Å². The van der Waals surface area contributed by atoms with Crippen LogP contribution in [0.2, 0.25) is 2.52 Å². The van der Waals surface area contributed by atoms with Gasteiger partial charge in [-0.1, -0.05) is 6.58 Å². The van der Waals surface area contributed by atoms with Crippen molar-refractivity contribution in [3.63, 3.8) is 0 Å². The number of carboxylic acids is 1. The molecule has 0 amide bonds. The zero-order chi connectivity index (χ0) is 7.98. The summed E-state index contributed by atoms with van der Waals surface area (Å²) in [5.74, 6) is -1.23. The third kappa shape index (κ3) is 8.43. The minimum atomic E-state index is -1.23. The molecule has 0 radical (unpaired) electrons. The third-order valence-electron chi connectivity index (χ3n) is 0.891. The molecular weight excluding hydrogens is 160 g/mol. The molecule has 1 unspecified atom stereocenters. The molecule has 0 spiro atoms. The summed E-state index contributed by atoms with van der Waals surface area (Å²) in [7, 11) is 0. The van der Waals surface area contributed by atoms with Gasteiger partial charge in [0, 0.05) is 0 Å². The molecule has 1 atom stereocenters. The van der Waals surface area contributed by atoms with Crippen LogP contribution in [-0.4, -0.2) is 54.5 Å². The first-order valence-electron chi connectivity index (χ1n) is 2.95. The van der Waals surface area contributed by atoms with Crippen LogP contribution in [0.15, 0.2) is 12.7 Å². The molecule has 1 heterocycles. The van der Waals surface area contributed by atoms with Crippen molar-refractivity contribution in [3.05, 3.63) is 12.7 Å². The summed E-state index contributed by atoms with van der Waals surface area (Å²) >= 11 is 1.39. The Hall–Kier alpha value is 0.430. The summed E-state index contributed by atoms with van der Waals surface area (Å²) < 4.78 is 6.21. The van der Waals surface area contributed by atoms with Gasteiger partial charge in [0.05, 0.1) is 5.97 Å². The van der Waals surface area contributed by atoms with Gasteiger partial charge in [-0.05, 0) is 6.08 Å². The quantitative estimate of drug-likeness (QED) is 0.298. The number of rotatable bonds is 2. The number of aliphatic carboxylic acids is 1. The van der Waals surface area contributed by atoms with Crippen LogP contribution >= 0.6 is 0 Å². The molecule has 4 heteroatoms. The molecule has 1 rings (SSSR count). The predicted octanol–water partition coefficient (Wildman–Crippen LogP) is -1.11. The van der Waals surface area contributed by atoms with Gasteiger partial charge >= 0.3 is 55.8 Å². The van der Waals surface area contributed by atoms with Crippen molar-refractivity contribution in [2.75, 3.05) is 6.61 Å². The number of carbonyl (C=O) groups is 1. The van der Waals surface area contributed by atoms with Gasteiger partial charge in [-0.2, -0.15) is 0 Å².